The number of amidine groups is 1. The summed E-state index contributed by atoms with van der Waals surface area (Å²) in [5.74, 6) is -0.754. The zero-order valence-electron chi connectivity index (χ0n) is 16.9. The highest BCUT2D eigenvalue weighted by molar-refractivity contribution is 8.15. The van der Waals surface area contributed by atoms with Crippen LogP contribution in [0.25, 0.3) is 0 Å². The number of thioether (sulfide) groups is 1. The first-order valence-corrected chi connectivity index (χ1v) is 10.3. The van der Waals surface area contributed by atoms with Crippen LogP contribution < -0.4 is 5.32 Å². The zero-order valence-corrected chi connectivity index (χ0v) is 17.7. The minimum Gasteiger partial charge on any atom is -0.462 e. The van der Waals surface area contributed by atoms with Gasteiger partial charge >= 0.3 is 5.97 Å². The molecular formula is C20H27N3O4S. The van der Waals surface area contributed by atoms with Crippen molar-refractivity contribution in [2.45, 2.75) is 58.4 Å². The second-order valence-corrected chi connectivity index (χ2v) is 8.13. The fourth-order valence-corrected chi connectivity index (χ4v) is 4.08. The fraction of sp³-hybridized carbons (Fsp3) is 0.500. The van der Waals surface area contributed by atoms with Crippen molar-refractivity contribution in [2.24, 2.45) is 4.99 Å². The predicted molar refractivity (Wildman–Crippen MR) is 112 cm³/mol. The minimum atomic E-state index is -0.487. The maximum atomic E-state index is 12.7. The SMILES string of the molecule is CCOC(=O)c1ccc(NC(=O)CC2SC(=NC(C)C)N(C(C)C)C2=O)cc1. The molecule has 1 aliphatic heterocycles. The molecule has 8 heteroatoms. The molecule has 0 aliphatic carbocycles. The Balaban J connectivity index is 2.01. The van der Waals surface area contributed by atoms with Crippen LogP contribution in [0, 0.1) is 0 Å². The van der Waals surface area contributed by atoms with Crippen LogP contribution in [-0.2, 0) is 14.3 Å². The van der Waals surface area contributed by atoms with Gasteiger partial charge in [-0.05, 0) is 58.9 Å². The first kappa shape index (κ1) is 21.9. The average molecular weight is 406 g/mol. The van der Waals surface area contributed by atoms with Crippen molar-refractivity contribution in [2.75, 3.05) is 11.9 Å². The minimum absolute atomic E-state index is 0.0130. The molecule has 152 valence electrons. The lowest BCUT2D eigenvalue weighted by molar-refractivity contribution is -0.129. The Hall–Kier alpha value is -2.35. The third kappa shape index (κ3) is 5.58. The zero-order chi connectivity index (χ0) is 20.8. The van der Waals surface area contributed by atoms with Gasteiger partial charge < -0.3 is 10.1 Å². The van der Waals surface area contributed by atoms with Gasteiger partial charge in [0, 0.05) is 24.2 Å². The van der Waals surface area contributed by atoms with Crippen LogP contribution >= 0.6 is 11.8 Å². The summed E-state index contributed by atoms with van der Waals surface area (Å²) < 4.78 is 4.93. The van der Waals surface area contributed by atoms with Gasteiger partial charge in [-0.15, -0.1) is 0 Å². The van der Waals surface area contributed by atoms with E-state index >= 15 is 0 Å². The lowest BCUT2D eigenvalue weighted by Crippen LogP contribution is -2.38. The molecule has 0 aromatic heterocycles. The molecule has 1 N–H and O–H groups in total. The van der Waals surface area contributed by atoms with Crippen molar-refractivity contribution < 1.29 is 19.1 Å². The van der Waals surface area contributed by atoms with E-state index in [1.807, 2.05) is 27.7 Å². The number of esters is 1. The largest absolute Gasteiger partial charge is 0.462 e. The molecule has 2 rings (SSSR count). The van der Waals surface area contributed by atoms with E-state index in [0.29, 0.717) is 23.0 Å². The molecular weight excluding hydrogens is 378 g/mol. The van der Waals surface area contributed by atoms with E-state index < -0.39 is 11.2 Å². The molecule has 0 bridgehead atoms. The number of ether oxygens (including phenoxy) is 1. The van der Waals surface area contributed by atoms with Crippen LogP contribution in [-0.4, -0.2) is 51.8 Å². The topological polar surface area (TPSA) is 88.1 Å². The molecule has 1 aromatic carbocycles. The van der Waals surface area contributed by atoms with Crippen LogP contribution in [0.2, 0.25) is 0 Å². The third-order valence-electron chi connectivity index (χ3n) is 3.90. The number of amides is 2. The van der Waals surface area contributed by atoms with Gasteiger partial charge in [0.15, 0.2) is 5.17 Å². The summed E-state index contributed by atoms with van der Waals surface area (Å²) in [7, 11) is 0. The number of carbonyl (C=O) groups excluding carboxylic acids is 3. The summed E-state index contributed by atoms with van der Waals surface area (Å²) in [5.41, 5.74) is 0.980. The highest BCUT2D eigenvalue weighted by Crippen LogP contribution is 2.31. The molecule has 1 atom stereocenters. The normalized spacial score (nSPS) is 18.2. The van der Waals surface area contributed by atoms with Crippen molar-refractivity contribution in [3.05, 3.63) is 29.8 Å². The maximum Gasteiger partial charge on any atom is 0.338 e. The Bertz CT molecular complexity index is 759. The number of hydrogen-bond acceptors (Lipinski definition) is 6. The third-order valence-corrected chi connectivity index (χ3v) is 5.07. The Morgan fingerprint density at radius 1 is 1.21 bits per heavy atom. The Labute approximate surface area is 169 Å². The molecule has 0 spiro atoms. The molecule has 0 radical (unpaired) electrons. The van der Waals surface area contributed by atoms with Crippen molar-refractivity contribution in [3.8, 4) is 0 Å². The standard InChI is InChI=1S/C20H27N3O4S/c1-6-27-19(26)14-7-9-15(10-8-14)22-17(24)11-16-18(25)23(13(4)5)20(28-16)21-12(2)3/h7-10,12-13,16H,6,11H2,1-5H3,(H,22,24). The Kier molecular flexibility index (Phi) is 7.62. The summed E-state index contributed by atoms with van der Waals surface area (Å²) >= 11 is 1.34. The lowest BCUT2D eigenvalue weighted by atomic mass is 10.2. The molecule has 1 heterocycles. The number of anilines is 1. The highest BCUT2D eigenvalue weighted by atomic mass is 32.2. The maximum absolute atomic E-state index is 12.7. The summed E-state index contributed by atoms with van der Waals surface area (Å²) in [4.78, 5) is 43.0. The number of rotatable bonds is 7. The highest BCUT2D eigenvalue weighted by Gasteiger charge is 2.40. The molecule has 28 heavy (non-hydrogen) atoms. The van der Waals surface area contributed by atoms with Gasteiger partial charge in [-0.1, -0.05) is 11.8 Å². The molecule has 1 aliphatic rings. The van der Waals surface area contributed by atoms with Crippen molar-refractivity contribution >= 4 is 40.4 Å². The van der Waals surface area contributed by atoms with E-state index in [9.17, 15) is 14.4 Å². The van der Waals surface area contributed by atoms with Gasteiger partial charge in [-0.25, -0.2) is 4.79 Å². The second-order valence-electron chi connectivity index (χ2n) is 6.96. The van der Waals surface area contributed by atoms with Crippen molar-refractivity contribution in [1.29, 1.82) is 0 Å². The van der Waals surface area contributed by atoms with E-state index in [0.717, 1.165) is 0 Å². The molecule has 0 saturated carbocycles. The summed E-state index contributed by atoms with van der Waals surface area (Å²) in [5, 5.41) is 2.96. The molecule has 1 saturated heterocycles. The lowest BCUT2D eigenvalue weighted by Gasteiger charge is -2.21. The monoisotopic (exact) mass is 405 g/mol. The Morgan fingerprint density at radius 2 is 1.86 bits per heavy atom. The van der Waals surface area contributed by atoms with Crippen LogP contribution in [0.4, 0.5) is 5.69 Å². The number of carbonyl (C=O) groups is 3. The fourth-order valence-electron chi connectivity index (χ4n) is 2.69. The smallest absolute Gasteiger partial charge is 0.338 e. The van der Waals surface area contributed by atoms with Gasteiger partial charge in [0.1, 0.15) is 5.25 Å². The molecule has 2 amide bonds. The number of nitrogens with one attached hydrogen (secondary N) is 1. The number of nitrogens with zero attached hydrogens (tertiary/aromatic N) is 2. The van der Waals surface area contributed by atoms with Gasteiger partial charge in [0.05, 0.1) is 12.2 Å². The van der Waals surface area contributed by atoms with E-state index in [1.165, 1.54) is 11.8 Å². The van der Waals surface area contributed by atoms with Crippen LogP contribution in [0.15, 0.2) is 29.3 Å². The van der Waals surface area contributed by atoms with Crippen LogP contribution in [0.5, 0.6) is 0 Å². The molecule has 1 aromatic rings. The van der Waals surface area contributed by atoms with E-state index in [4.69, 9.17) is 4.74 Å². The van der Waals surface area contributed by atoms with Crippen molar-refractivity contribution in [3.63, 3.8) is 0 Å². The van der Waals surface area contributed by atoms with Gasteiger partial charge in [0.2, 0.25) is 11.8 Å². The van der Waals surface area contributed by atoms with E-state index in [2.05, 4.69) is 10.3 Å². The average Bonchev–Trinajstić information content (AvgIpc) is 2.90. The van der Waals surface area contributed by atoms with Crippen molar-refractivity contribution in [1.82, 2.24) is 4.90 Å². The van der Waals surface area contributed by atoms with Gasteiger partial charge in [0.25, 0.3) is 0 Å². The summed E-state index contributed by atoms with van der Waals surface area (Å²) in [6, 6.07) is 6.52. The van der Waals surface area contributed by atoms with Crippen LogP contribution in [0.1, 0.15) is 51.4 Å². The van der Waals surface area contributed by atoms with Gasteiger partial charge in [-0.2, -0.15) is 0 Å². The molecule has 1 fully saturated rings. The predicted octanol–water partition coefficient (Wildman–Crippen LogP) is 3.31. The number of benzene rings is 1. The first-order valence-electron chi connectivity index (χ1n) is 9.37. The summed E-state index contributed by atoms with van der Waals surface area (Å²) in [6.45, 7) is 9.82. The first-order chi connectivity index (χ1) is 13.2. The second kappa shape index (κ2) is 9.73. The Morgan fingerprint density at radius 3 is 2.39 bits per heavy atom. The quantitative estimate of drug-likeness (QED) is 0.703. The van der Waals surface area contributed by atoms with E-state index in [-0.39, 0.29) is 30.3 Å². The molecule has 1 unspecified atom stereocenters. The van der Waals surface area contributed by atoms with Gasteiger partial charge in [-0.3, -0.25) is 19.5 Å². The summed E-state index contributed by atoms with van der Waals surface area (Å²) in [6.07, 6.45) is 0.0590. The molecule has 7 nitrogen and oxygen atoms in total. The number of aliphatic imine (C=N–C) groups is 1. The number of hydrogen-bond donors (Lipinski definition) is 1. The van der Waals surface area contributed by atoms with Crippen LogP contribution in [0.3, 0.4) is 0 Å². The van der Waals surface area contributed by atoms with E-state index in [1.54, 1.807) is 36.1 Å².